The molecule has 1 amide bonds. The smallest absolute Gasteiger partial charge is 0.244 e. The topological polar surface area (TPSA) is 55.6 Å². The van der Waals surface area contributed by atoms with E-state index in [2.05, 4.69) is 4.90 Å². The zero-order valence-corrected chi connectivity index (χ0v) is 12.7. The third kappa shape index (κ3) is 3.67. The zero-order chi connectivity index (χ0) is 14.7. The molecule has 2 N–H and O–H groups in total. The number of carbonyl (C=O) groups is 1. The SMILES string of the molecule is NC(=O)C1=CC=C(OCCCN2C[C@H]3CCC[C@H]3C2)CC1. The van der Waals surface area contributed by atoms with E-state index in [1.54, 1.807) is 6.08 Å². The molecular weight excluding hydrogens is 264 g/mol. The van der Waals surface area contributed by atoms with Crippen LogP contribution >= 0.6 is 0 Å². The summed E-state index contributed by atoms with van der Waals surface area (Å²) in [5.74, 6) is 2.62. The minimum atomic E-state index is -0.315. The lowest BCUT2D eigenvalue weighted by atomic mass is 10.0. The fourth-order valence-corrected chi connectivity index (χ4v) is 3.95. The molecule has 4 nitrogen and oxygen atoms in total. The Balaban J connectivity index is 1.33. The molecule has 3 aliphatic rings. The maximum Gasteiger partial charge on any atom is 0.244 e. The summed E-state index contributed by atoms with van der Waals surface area (Å²) < 4.78 is 5.80. The summed E-state index contributed by atoms with van der Waals surface area (Å²) in [6.07, 6.45) is 10.6. The highest BCUT2D eigenvalue weighted by atomic mass is 16.5. The molecule has 2 aliphatic carbocycles. The van der Waals surface area contributed by atoms with Crippen molar-refractivity contribution in [2.24, 2.45) is 17.6 Å². The fourth-order valence-electron chi connectivity index (χ4n) is 3.95. The number of carbonyl (C=O) groups excluding carboxylic acids is 1. The van der Waals surface area contributed by atoms with Crippen molar-refractivity contribution in [2.75, 3.05) is 26.2 Å². The molecule has 1 saturated carbocycles. The van der Waals surface area contributed by atoms with Crippen LogP contribution in [0.25, 0.3) is 0 Å². The Kier molecular flexibility index (Phi) is 4.63. The average Bonchev–Trinajstić information content (AvgIpc) is 3.05. The van der Waals surface area contributed by atoms with E-state index in [-0.39, 0.29) is 5.91 Å². The Labute approximate surface area is 127 Å². The van der Waals surface area contributed by atoms with Gasteiger partial charge in [0.1, 0.15) is 0 Å². The van der Waals surface area contributed by atoms with Gasteiger partial charge in [-0.2, -0.15) is 0 Å². The zero-order valence-electron chi connectivity index (χ0n) is 12.7. The molecule has 3 rings (SSSR count). The summed E-state index contributed by atoms with van der Waals surface area (Å²) in [6.45, 7) is 4.54. The van der Waals surface area contributed by atoms with Crippen LogP contribution in [0, 0.1) is 11.8 Å². The van der Waals surface area contributed by atoms with Gasteiger partial charge in [-0.15, -0.1) is 0 Å². The number of amides is 1. The Bertz CT molecular complexity index is 444. The number of allylic oxidation sites excluding steroid dienone is 3. The van der Waals surface area contributed by atoms with Gasteiger partial charge >= 0.3 is 0 Å². The van der Waals surface area contributed by atoms with E-state index in [9.17, 15) is 4.79 Å². The molecule has 21 heavy (non-hydrogen) atoms. The van der Waals surface area contributed by atoms with E-state index < -0.39 is 0 Å². The number of hydrogen-bond donors (Lipinski definition) is 1. The van der Waals surface area contributed by atoms with Crippen LogP contribution in [0.5, 0.6) is 0 Å². The first-order chi connectivity index (χ1) is 10.2. The number of primary amides is 1. The van der Waals surface area contributed by atoms with E-state index in [1.165, 1.54) is 32.4 Å². The number of rotatable bonds is 6. The molecule has 0 aromatic heterocycles. The van der Waals surface area contributed by atoms with Crippen molar-refractivity contribution < 1.29 is 9.53 Å². The Morgan fingerprint density at radius 3 is 2.62 bits per heavy atom. The Morgan fingerprint density at radius 2 is 2.00 bits per heavy atom. The molecule has 2 fully saturated rings. The second-order valence-corrected chi connectivity index (χ2v) is 6.60. The molecule has 116 valence electrons. The van der Waals surface area contributed by atoms with Gasteiger partial charge in [0, 0.05) is 31.6 Å². The number of likely N-dealkylation sites (tertiary alicyclic amines) is 1. The van der Waals surface area contributed by atoms with E-state index in [4.69, 9.17) is 10.5 Å². The molecule has 1 aliphatic heterocycles. The number of fused-ring (bicyclic) bond motifs is 1. The number of hydrogen-bond acceptors (Lipinski definition) is 3. The molecule has 4 heteroatoms. The van der Waals surface area contributed by atoms with Crippen molar-refractivity contribution in [2.45, 2.75) is 38.5 Å². The standard InChI is InChI=1S/C17H26N2O2/c18-17(20)13-5-7-16(8-6-13)21-10-2-9-19-11-14-3-1-4-15(14)12-19/h5,7,14-15H,1-4,6,8-12H2,(H2,18,20)/t14-,15+. The number of nitrogens with two attached hydrogens (primary N) is 1. The molecule has 1 heterocycles. The lowest BCUT2D eigenvalue weighted by molar-refractivity contribution is -0.114. The average molecular weight is 290 g/mol. The highest BCUT2D eigenvalue weighted by molar-refractivity contribution is 5.92. The minimum absolute atomic E-state index is 0.315. The maximum atomic E-state index is 11.0. The van der Waals surface area contributed by atoms with Gasteiger partial charge in [0.2, 0.25) is 5.91 Å². The van der Waals surface area contributed by atoms with Crippen molar-refractivity contribution >= 4 is 5.91 Å². The van der Waals surface area contributed by atoms with Crippen LogP contribution in [0.2, 0.25) is 0 Å². The molecule has 0 aromatic carbocycles. The van der Waals surface area contributed by atoms with Gasteiger partial charge in [-0.1, -0.05) is 12.5 Å². The van der Waals surface area contributed by atoms with Gasteiger partial charge in [0.05, 0.1) is 12.4 Å². The van der Waals surface area contributed by atoms with Crippen LogP contribution in [-0.2, 0) is 9.53 Å². The van der Waals surface area contributed by atoms with Gasteiger partial charge in [0.15, 0.2) is 0 Å². The van der Waals surface area contributed by atoms with Crippen molar-refractivity contribution in [3.63, 3.8) is 0 Å². The van der Waals surface area contributed by atoms with Crippen molar-refractivity contribution in [1.82, 2.24) is 4.90 Å². The van der Waals surface area contributed by atoms with Crippen molar-refractivity contribution in [1.29, 1.82) is 0 Å². The van der Waals surface area contributed by atoms with Crippen LogP contribution in [0.15, 0.2) is 23.5 Å². The largest absolute Gasteiger partial charge is 0.498 e. The Hall–Kier alpha value is -1.29. The number of nitrogens with zero attached hydrogens (tertiary/aromatic N) is 1. The van der Waals surface area contributed by atoms with Crippen LogP contribution in [0.1, 0.15) is 38.5 Å². The van der Waals surface area contributed by atoms with Crippen molar-refractivity contribution in [3.05, 3.63) is 23.5 Å². The molecule has 0 spiro atoms. The highest BCUT2D eigenvalue weighted by Crippen LogP contribution is 2.37. The van der Waals surface area contributed by atoms with Gasteiger partial charge in [-0.05, 0) is 43.6 Å². The predicted octanol–water partition coefficient (Wildman–Crippen LogP) is 2.21. The summed E-state index contributed by atoms with van der Waals surface area (Å²) in [5.41, 5.74) is 5.96. The highest BCUT2D eigenvalue weighted by Gasteiger charge is 2.35. The molecule has 0 unspecified atom stereocenters. The quantitative estimate of drug-likeness (QED) is 0.763. The van der Waals surface area contributed by atoms with Crippen LogP contribution in [-0.4, -0.2) is 37.0 Å². The summed E-state index contributed by atoms with van der Waals surface area (Å²) in [6, 6.07) is 0. The van der Waals surface area contributed by atoms with Crippen LogP contribution in [0.4, 0.5) is 0 Å². The van der Waals surface area contributed by atoms with E-state index >= 15 is 0 Å². The minimum Gasteiger partial charge on any atom is -0.498 e. The first kappa shape index (κ1) is 14.6. The van der Waals surface area contributed by atoms with E-state index in [0.717, 1.165) is 43.6 Å². The monoisotopic (exact) mass is 290 g/mol. The summed E-state index contributed by atoms with van der Waals surface area (Å²) in [5, 5.41) is 0. The summed E-state index contributed by atoms with van der Waals surface area (Å²) in [7, 11) is 0. The third-order valence-electron chi connectivity index (χ3n) is 5.14. The molecule has 0 aromatic rings. The summed E-state index contributed by atoms with van der Waals surface area (Å²) in [4.78, 5) is 13.6. The predicted molar refractivity (Wildman–Crippen MR) is 82.4 cm³/mol. The molecule has 1 saturated heterocycles. The van der Waals surface area contributed by atoms with E-state index in [0.29, 0.717) is 12.0 Å². The first-order valence-corrected chi connectivity index (χ1v) is 8.27. The lowest BCUT2D eigenvalue weighted by Gasteiger charge is -2.18. The number of ether oxygens (including phenoxy) is 1. The summed E-state index contributed by atoms with van der Waals surface area (Å²) >= 11 is 0. The Morgan fingerprint density at radius 1 is 1.24 bits per heavy atom. The van der Waals surface area contributed by atoms with Crippen LogP contribution in [0.3, 0.4) is 0 Å². The third-order valence-corrected chi connectivity index (χ3v) is 5.14. The van der Waals surface area contributed by atoms with Gasteiger partial charge < -0.3 is 15.4 Å². The molecule has 0 bridgehead atoms. The first-order valence-electron chi connectivity index (χ1n) is 8.27. The van der Waals surface area contributed by atoms with Crippen LogP contribution < -0.4 is 5.73 Å². The molecule has 0 radical (unpaired) electrons. The van der Waals surface area contributed by atoms with Gasteiger partial charge in [0.25, 0.3) is 0 Å². The van der Waals surface area contributed by atoms with Crippen molar-refractivity contribution in [3.8, 4) is 0 Å². The van der Waals surface area contributed by atoms with Gasteiger partial charge in [-0.25, -0.2) is 0 Å². The van der Waals surface area contributed by atoms with Gasteiger partial charge in [-0.3, -0.25) is 4.79 Å². The fraction of sp³-hybridized carbons (Fsp3) is 0.706. The second kappa shape index (κ2) is 6.65. The molecule has 2 atom stereocenters. The second-order valence-electron chi connectivity index (χ2n) is 6.60. The van der Waals surface area contributed by atoms with E-state index in [1.807, 2.05) is 6.08 Å². The maximum absolute atomic E-state index is 11.0. The lowest BCUT2D eigenvalue weighted by Crippen LogP contribution is -2.24. The normalized spacial score (nSPS) is 29.0. The molecular formula is C17H26N2O2.